The van der Waals surface area contributed by atoms with Crippen molar-refractivity contribution in [3.05, 3.63) is 35.4 Å². The number of para-hydroxylation sites is 1. The number of nitrogens with two attached hydrogens (primary N) is 1. The van der Waals surface area contributed by atoms with Gasteiger partial charge in [-0.3, -0.25) is 0 Å². The fourth-order valence-corrected chi connectivity index (χ4v) is 1.92. The van der Waals surface area contributed by atoms with E-state index >= 15 is 0 Å². The lowest BCUT2D eigenvalue weighted by Gasteiger charge is -2.10. The van der Waals surface area contributed by atoms with Crippen molar-refractivity contribution >= 4 is 11.7 Å². The van der Waals surface area contributed by atoms with Crippen LogP contribution in [-0.2, 0) is 12.8 Å². The predicted octanol–water partition coefficient (Wildman–Crippen LogP) is 1.67. The zero-order chi connectivity index (χ0) is 14.0. The van der Waals surface area contributed by atoms with E-state index in [4.69, 9.17) is 5.73 Å². The van der Waals surface area contributed by atoms with Crippen LogP contribution in [0.15, 0.2) is 18.2 Å². The van der Waals surface area contributed by atoms with E-state index in [0.29, 0.717) is 35.9 Å². The van der Waals surface area contributed by atoms with Crippen LogP contribution in [0.4, 0.5) is 5.69 Å². The summed E-state index contributed by atoms with van der Waals surface area (Å²) in [5, 5.41) is 13.6. The van der Waals surface area contributed by atoms with Gasteiger partial charge in [0.25, 0.3) is 0 Å². The SMILES string of the molecule is CCc1nc(CC)n(-c2c(N)cccc2C(=O)O)n1. The number of rotatable bonds is 4. The minimum absolute atomic E-state index is 0.127. The van der Waals surface area contributed by atoms with E-state index in [1.165, 1.54) is 10.7 Å². The molecular weight excluding hydrogens is 244 g/mol. The molecule has 0 radical (unpaired) electrons. The first-order chi connectivity index (χ1) is 9.08. The molecule has 2 aromatic rings. The summed E-state index contributed by atoms with van der Waals surface area (Å²) >= 11 is 0. The first-order valence-corrected chi connectivity index (χ1v) is 6.15. The van der Waals surface area contributed by atoms with Gasteiger partial charge in [0.15, 0.2) is 5.82 Å². The number of aromatic carboxylic acids is 1. The van der Waals surface area contributed by atoms with Gasteiger partial charge in [-0.15, -0.1) is 0 Å². The van der Waals surface area contributed by atoms with Gasteiger partial charge in [-0.1, -0.05) is 19.9 Å². The molecule has 0 saturated heterocycles. The Bertz CT molecular complexity index is 619. The summed E-state index contributed by atoms with van der Waals surface area (Å²) in [4.78, 5) is 15.7. The van der Waals surface area contributed by atoms with Gasteiger partial charge in [0.1, 0.15) is 11.5 Å². The molecule has 0 spiro atoms. The Morgan fingerprint density at radius 3 is 2.68 bits per heavy atom. The molecule has 1 aromatic carbocycles. The van der Waals surface area contributed by atoms with E-state index < -0.39 is 5.97 Å². The third kappa shape index (κ3) is 2.29. The van der Waals surface area contributed by atoms with Crippen molar-refractivity contribution in [2.45, 2.75) is 26.7 Å². The number of carboxylic acid groups (broad SMARTS) is 1. The zero-order valence-corrected chi connectivity index (χ0v) is 10.9. The van der Waals surface area contributed by atoms with Crippen molar-refractivity contribution in [1.29, 1.82) is 0 Å². The highest BCUT2D eigenvalue weighted by molar-refractivity contribution is 5.94. The molecule has 0 saturated carbocycles. The molecule has 6 heteroatoms. The third-order valence-electron chi connectivity index (χ3n) is 2.86. The number of aryl methyl sites for hydroxylation is 2. The van der Waals surface area contributed by atoms with Gasteiger partial charge in [-0.05, 0) is 12.1 Å². The normalized spacial score (nSPS) is 10.6. The van der Waals surface area contributed by atoms with Crippen LogP contribution in [0, 0.1) is 0 Å². The van der Waals surface area contributed by atoms with Crippen molar-refractivity contribution in [2.75, 3.05) is 5.73 Å². The number of benzene rings is 1. The Morgan fingerprint density at radius 1 is 1.37 bits per heavy atom. The smallest absolute Gasteiger partial charge is 0.337 e. The van der Waals surface area contributed by atoms with Gasteiger partial charge in [-0.2, -0.15) is 5.10 Å². The average Bonchev–Trinajstić information content (AvgIpc) is 2.81. The fourth-order valence-electron chi connectivity index (χ4n) is 1.92. The first-order valence-electron chi connectivity index (χ1n) is 6.15. The van der Waals surface area contributed by atoms with E-state index in [2.05, 4.69) is 10.1 Å². The second kappa shape index (κ2) is 5.09. The van der Waals surface area contributed by atoms with Crippen LogP contribution in [0.3, 0.4) is 0 Å². The molecule has 0 atom stereocenters. The van der Waals surface area contributed by atoms with Crippen LogP contribution in [0.5, 0.6) is 0 Å². The summed E-state index contributed by atoms with van der Waals surface area (Å²) < 4.78 is 1.54. The average molecular weight is 260 g/mol. The van der Waals surface area contributed by atoms with Crippen LogP contribution in [0.2, 0.25) is 0 Å². The molecule has 2 rings (SSSR count). The highest BCUT2D eigenvalue weighted by atomic mass is 16.4. The molecule has 0 unspecified atom stereocenters. The Hall–Kier alpha value is -2.37. The molecule has 0 aliphatic heterocycles. The van der Waals surface area contributed by atoms with Crippen LogP contribution < -0.4 is 5.73 Å². The van der Waals surface area contributed by atoms with Gasteiger partial charge in [0.2, 0.25) is 0 Å². The minimum Gasteiger partial charge on any atom is -0.478 e. The van der Waals surface area contributed by atoms with Gasteiger partial charge in [0, 0.05) is 12.8 Å². The quantitative estimate of drug-likeness (QED) is 0.815. The molecule has 1 heterocycles. The van der Waals surface area contributed by atoms with Gasteiger partial charge in [0.05, 0.1) is 11.3 Å². The minimum atomic E-state index is -1.03. The number of hydrogen-bond donors (Lipinski definition) is 2. The van der Waals surface area contributed by atoms with Crippen LogP contribution in [0.1, 0.15) is 35.9 Å². The summed E-state index contributed by atoms with van der Waals surface area (Å²) in [6.07, 6.45) is 1.34. The zero-order valence-electron chi connectivity index (χ0n) is 10.9. The maximum absolute atomic E-state index is 11.3. The predicted molar refractivity (Wildman–Crippen MR) is 71.5 cm³/mol. The lowest BCUT2D eigenvalue weighted by Crippen LogP contribution is -2.12. The largest absolute Gasteiger partial charge is 0.478 e. The van der Waals surface area contributed by atoms with Gasteiger partial charge < -0.3 is 10.8 Å². The van der Waals surface area contributed by atoms with E-state index in [9.17, 15) is 9.90 Å². The number of aromatic nitrogens is 3. The summed E-state index contributed by atoms with van der Waals surface area (Å²) in [5.41, 5.74) is 6.81. The molecule has 6 nitrogen and oxygen atoms in total. The van der Waals surface area contributed by atoms with Gasteiger partial charge in [-0.25, -0.2) is 14.5 Å². The number of nitrogens with zero attached hydrogens (tertiary/aromatic N) is 3. The molecule has 100 valence electrons. The molecule has 0 aliphatic carbocycles. The van der Waals surface area contributed by atoms with E-state index in [1.54, 1.807) is 12.1 Å². The summed E-state index contributed by atoms with van der Waals surface area (Å²) in [6.45, 7) is 3.89. The molecule has 0 bridgehead atoms. The fraction of sp³-hybridized carbons (Fsp3) is 0.308. The third-order valence-corrected chi connectivity index (χ3v) is 2.86. The first kappa shape index (κ1) is 13.1. The Balaban J connectivity index is 2.70. The van der Waals surface area contributed by atoms with E-state index in [0.717, 1.165) is 0 Å². The van der Waals surface area contributed by atoms with Crippen LogP contribution in [0.25, 0.3) is 5.69 Å². The molecule has 3 N–H and O–H groups in total. The van der Waals surface area contributed by atoms with E-state index in [1.807, 2.05) is 13.8 Å². The van der Waals surface area contributed by atoms with Crippen molar-refractivity contribution in [2.24, 2.45) is 0 Å². The number of carboxylic acids is 1. The molecule has 0 fully saturated rings. The maximum atomic E-state index is 11.3. The Labute approximate surface area is 110 Å². The monoisotopic (exact) mass is 260 g/mol. The highest BCUT2D eigenvalue weighted by Gasteiger charge is 2.18. The standard InChI is InChI=1S/C13H16N4O2/c1-3-10-15-11(4-2)17(16-10)12-8(13(18)19)6-5-7-9(12)14/h5-7H,3-4,14H2,1-2H3,(H,18,19). The molecule has 0 amide bonds. The molecule has 19 heavy (non-hydrogen) atoms. The molecule has 1 aromatic heterocycles. The summed E-state index contributed by atoms with van der Waals surface area (Å²) in [5.74, 6) is 0.353. The van der Waals surface area contributed by atoms with Crippen LogP contribution in [-0.4, -0.2) is 25.8 Å². The summed E-state index contributed by atoms with van der Waals surface area (Å²) in [7, 11) is 0. The van der Waals surface area contributed by atoms with Crippen molar-refractivity contribution in [3.8, 4) is 5.69 Å². The van der Waals surface area contributed by atoms with Crippen molar-refractivity contribution < 1.29 is 9.90 Å². The summed E-state index contributed by atoms with van der Waals surface area (Å²) in [6, 6.07) is 4.79. The Kier molecular flexibility index (Phi) is 3.50. The second-order valence-corrected chi connectivity index (χ2v) is 4.11. The van der Waals surface area contributed by atoms with Crippen LogP contribution >= 0.6 is 0 Å². The van der Waals surface area contributed by atoms with Crippen molar-refractivity contribution in [3.63, 3.8) is 0 Å². The number of hydrogen-bond acceptors (Lipinski definition) is 4. The lowest BCUT2D eigenvalue weighted by molar-refractivity contribution is 0.0697. The number of carbonyl (C=O) groups is 1. The van der Waals surface area contributed by atoms with Gasteiger partial charge >= 0.3 is 5.97 Å². The number of anilines is 1. The van der Waals surface area contributed by atoms with E-state index in [-0.39, 0.29) is 5.56 Å². The Morgan fingerprint density at radius 2 is 2.11 bits per heavy atom. The second-order valence-electron chi connectivity index (χ2n) is 4.11. The lowest BCUT2D eigenvalue weighted by atomic mass is 10.1. The highest BCUT2D eigenvalue weighted by Crippen LogP contribution is 2.23. The number of nitrogen functional groups attached to an aromatic ring is 1. The molecular formula is C13H16N4O2. The topological polar surface area (TPSA) is 94.0 Å². The maximum Gasteiger partial charge on any atom is 0.337 e. The van der Waals surface area contributed by atoms with Crippen molar-refractivity contribution in [1.82, 2.24) is 14.8 Å². The molecule has 0 aliphatic rings.